The van der Waals surface area contributed by atoms with Crippen molar-refractivity contribution >= 4 is 22.5 Å². The second kappa shape index (κ2) is 6.14. The van der Waals surface area contributed by atoms with Gasteiger partial charge in [0.1, 0.15) is 6.54 Å². The van der Waals surface area contributed by atoms with Crippen LogP contribution in [0.25, 0.3) is 22.3 Å². The van der Waals surface area contributed by atoms with Gasteiger partial charge in [-0.25, -0.2) is 4.98 Å². The minimum absolute atomic E-state index is 0.146. The largest absolute Gasteiger partial charge is 0.337 e. The summed E-state index contributed by atoms with van der Waals surface area (Å²) in [6, 6.07) is 12.8. The quantitative estimate of drug-likeness (QED) is 0.564. The molecular weight excluding hydrogens is 340 g/mol. The van der Waals surface area contributed by atoms with Crippen LogP contribution in [0.3, 0.4) is 0 Å². The van der Waals surface area contributed by atoms with Crippen LogP contribution in [-0.4, -0.2) is 19.7 Å². The van der Waals surface area contributed by atoms with Crippen LogP contribution in [0.1, 0.15) is 11.5 Å². The summed E-state index contributed by atoms with van der Waals surface area (Å²) in [5.74, 6) is 0.835. The predicted octanol–water partition coefficient (Wildman–Crippen LogP) is 3.46. The highest BCUT2D eigenvalue weighted by atomic mass is 35.5. The van der Waals surface area contributed by atoms with Crippen LogP contribution in [-0.2, 0) is 6.54 Å². The maximum absolute atomic E-state index is 12.6. The van der Waals surface area contributed by atoms with E-state index in [-0.39, 0.29) is 12.1 Å². The van der Waals surface area contributed by atoms with Crippen molar-refractivity contribution in [1.82, 2.24) is 19.7 Å². The molecule has 0 saturated carbocycles. The van der Waals surface area contributed by atoms with Crippen LogP contribution in [0.15, 0.2) is 58.1 Å². The van der Waals surface area contributed by atoms with E-state index in [0.717, 1.165) is 11.1 Å². The smallest absolute Gasteiger partial charge is 0.261 e. The highest BCUT2D eigenvalue weighted by molar-refractivity contribution is 6.31. The number of hydrogen-bond acceptors (Lipinski definition) is 5. The standard InChI is InChI=1S/C18H13ClN4O2/c1-11-4-2-3-5-13(11)17-21-16(25-22-17)9-23-10-20-15-7-6-12(19)8-14(15)18(23)24/h2-8,10H,9H2,1H3. The summed E-state index contributed by atoms with van der Waals surface area (Å²) in [7, 11) is 0. The normalized spacial score (nSPS) is 11.1. The molecule has 0 atom stereocenters. The van der Waals surface area contributed by atoms with Crippen LogP contribution in [0.2, 0.25) is 5.02 Å². The van der Waals surface area contributed by atoms with Gasteiger partial charge < -0.3 is 4.52 Å². The summed E-state index contributed by atoms with van der Waals surface area (Å²) in [6.45, 7) is 2.13. The number of fused-ring (bicyclic) bond motifs is 1. The maximum Gasteiger partial charge on any atom is 0.261 e. The molecule has 6 nitrogen and oxygen atoms in total. The van der Waals surface area contributed by atoms with Crippen LogP contribution in [0.5, 0.6) is 0 Å². The molecule has 0 saturated heterocycles. The summed E-state index contributed by atoms with van der Waals surface area (Å²) in [6.07, 6.45) is 1.47. The summed E-state index contributed by atoms with van der Waals surface area (Å²) in [5.41, 5.74) is 2.34. The summed E-state index contributed by atoms with van der Waals surface area (Å²) in [5, 5.41) is 4.95. The van der Waals surface area contributed by atoms with E-state index >= 15 is 0 Å². The van der Waals surface area contributed by atoms with Crippen LogP contribution in [0.4, 0.5) is 0 Å². The fraction of sp³-hybridized carbons (Fsp3) is 0.111. The van der Waals surface area contributed by atoms with E-state index < -0.39 is 0 Å². The Kier molecular flexibility index (Phi) is 3.82. The fourth-order valence-corrected chi connectivity index (χ4v) is 2.81. The number of aryl methyl sites for hydroxylation is 1. The first-order valence-electron chi connectivity index (χ1n) is 7.65. The number of rotatable bonds is 3. The van der Waals surface area contributed by atoms with Crippen LogP contribution < -0.4 is 5.56 Å². The topological polar surface area (TPSA) is 73.8 Å². The van der Waals surface area contributed by atoms with Gasteiger partial charge in [-0.3, -0.25) is 9.36 Å². The molecule has 0 bridgehead atoms. The first-order valence-corrected chi connectivity index (χ1v) is 8.03. The lowest BCUT2D eigenvalue weighted by molar-refractivity contribution is 0.369. The zero-order valence-corrected chi connectivity index (χ0v) is 14.1. The Labute approximate surface area is 147 Å². The number of aromatic nitrogens is 4. The second-order valence-corrected chi connectivity index (χ2v) is 6.10. The van der Waals surface area contributed by atoms with Gasteiger partial charge in [0.05, 0.1) is 17.2 Å². The van der Waals surface area contributed by atoms with Gasteiger partial charge in [-0.1, -0.05) is 41.0 Å². The van der Waals surface area contributed by atoms with Gasteiger partial charge in [-0.05, 0) is 30.7 Å². The summed E-state index contributed by atoms with van der Waals surface area (Å²) in [4.78, 5) is 21.2. The van der Waals surface area contributed by atoms with Gasteiger partial charge in [-0.15, -0.1) is 0 Å². The van der Waals surface area contributed by atoms with Crippen molar-refractivity contribution in [2.75, 3.05) is 0 Å². The molecular formula is C18H13ClN4O2. The van der Waals surface area contributed by atoms with Crippen LogP contribution >= 0.6 is 11.6 Å². The molecule has 0 aliphatic heterocycles. The summed E-state index contributed by atoms with van der Waals surface area (Å²) < 4.78 is 6.72. The van der Waals surface area contributed by atoms with Crippen molar-refractivity contribution in [3.8, 4) is 11.4 Å². The third kappa shape index (κ3) is 2.92. The molecule has 0 fully saturated rings. The van der Waals surface area contributed by atoms with E-state index in [4.69, 9.17) is 16.1 Å². The van der Waals surface area contributed by atoms with Gasteiger partial charge >= 0.3 is 0 Å². The fourth-order valence-electron chi connectivity index (χ4n) is 2.64. The lowest BCUT2D eigenvalue weighted by atomic mass is 10.1. The molecule has 0 spiro atoms. The van der Waals surface area contributed by atoms with Gasteiger partial charge in [0.25, 0.3) is 5.56 Å². The Morgan fingerprint density at radius 3 is 2.88 bits per heavy atom. The van der Waals surface area contributed by atoms with Gasteiger partial charge in [0, 0.05) is 10.6 Å². The Bertz CT molecular complexity index is 1130. The van der Waals surface area contributed by atoms with E-state index in [9.17, 15) is 4.79 Å². The van der Waals surface area contributed by atoms with Crippen molar-refractivity contribution in [3.05, 3.63) is 75.6 Å². The average molecular weight is 353 g/mol. The zero-order chi connectivity index (χ0) is 17.4. The molecule has 0 aliphatic rings. The molecule has 124 valence electrons. The Hall–Kier alpha value is -2.99. The maximum atomic E-state index is 12.6. The number of halogens is 1. The van der Waals surface area contributed by atoms with E-state index in [2.05, 4.69) is 15.1 Å². The van der Waals surface area contributed by atoms with Crippen LogP contribution in [0, 0.1) is 6.92 Å². The molecule has 2 aromatic carbocycles. The monoisotopic (exact) mass is 352 g/mol. The third-order valence-electron chi connectivity index (χ3n) is 3.95. The molecule has 25 heavy (non-hydrogen) atoms. The molecule has 0 N–H and O–H groups in total. The van der Waals surface area contributed by atoms with Gasteiger partial charge in [0.2, 0.25) is 11.7 Å². The first-order chi connectivity index (χ1) is 12.1. The average Bonchev–Trinajstić information content (AvgIpc) is 3.07. The molecule has 4 aromatic rings. The second-order valence-electron chi connectivity index (χ2n) is 5.67. The predicted molar refractivity (Wildman–Crippen MR) is 94.6 cm³/mol. The lowest BCUT2D eigenvalue weighted by Crippen LogP contribution is -2.21. The molecule has 0 radical (unpaired) electrons. The number of benzene rings is 2. The number of nitrogens with zero attached hydrogens (tertiary/aromatic N) is 4. The Morgan fingerprint density at radius 1 is 1.20 bits per heavy atom. The van der Waals surface area contributed by atoms with E-state index in [0.29, 0.717) is 27.6 Å². The minimum Gasteiger partial charge on any atom is -0.337 e. The van der Waals surface area contributed by atoms with Crippen molar-refractivity contribution in [2.24, 2.45) is 0 Å². The van der Waals surface area contributed by atoms with Crippen molar-refractivity contribution in [3.63, 3.8) is 0 Å². The molecule has 2 aromatic heterocycles. The van der Waals surface area contributed by atoms with Crippen molar-refractivity contribution < 1.29 is 4.52 Å². The van der Waals surface area contributed by atoms with Crippen molar-refractivity contribution in [1.29, 1.82) is 0 Å². The molecule has 0 unspecified atom stereocenters. The Morgan fingerprint density at radius 2 is 2.04 bits per heavy atom. The highest BCUT2D eigenvalue weighted by Gasteiger charge is 2.12. The Balaban J connectivity index is 1.70. The third-order valence-corrected chi connectivity index (χ3v) is 4.18. The van der Waals surface area contributed by atoms with E-state index in [1.165, 1.54) is 10.9 Å². The first kappa shape index (κ1) is 15.5. The van der Waals surface area contributed by atoms with E-state index in [1.54, 1.807) is 18.2 Å². The molecule has 7 heteroatoms. The molecule has 0 aliphatic carbocycles. The molecule has 0 amide bonds. The van der Waals surface area contributed by atoms with Crippen molar-refractivity contribution in [2.45, 2.75) is 13.5 Å². The lowest BCUT2D eigenvalue weighted by Gasteiger charge is -2.03. The SMILES string of the molecule is Cc1ccccc1-c1noc(Cn2cnc3ccc(Cl)cc3c2=O)n1. The zero-order valence-electron chi connectivity index (χ0n) is 13.3. The minimum atomic E-state index is -0.205. The van der Waals surface area contributed by atoms with E-state index in [1.807, 2.05) is 31.2 Å². The molecule has 2 heterocycles. The number of hydrogen-bond donors (Lipinski definition) is 0. The summed E-state index contributed by atoms with van der Waals surface area (Å²) >= 11 is 5.97. The van der Waals surface area contributed by atoms with Gasteiger partial charge in [-0.2, -0.15) is 4.98 Å². The van der Waals surface area contributed by atoms with Gasteiger partial charge in [0.15, 0.2) is 0 Å². The molecule has 4 rings (SSSR count). The highest BCUT2D eigenvalue weighted by Crippen LogP contribution is 2.20.